The molecule has 1 heterocycles. The van der Waals surface area contributed by atoms with Gasteiger partial charge >= 0.3 is 11.9 Å². The minimum Gasteiger partial charge on any atom is -0.481 e. The van der Waals surface area contributed by atoms with E-state index in [0.29, 0.717) is 19.3 Å². The molecule has 0 saturated carbocycles. The minimum absolute atomic E-state index is 0.0744. The summed E-state index contributed by atoms with van der Waals surface area (Å²) in [5.74, 6) is -4.88. The Kier molecular flexibility index (Phi) is 18.2. The van der Waals surface area contributed by atoms with E-state index in [1.807, 2.05) is 0 Å². The predicted octanol–water partition coefficient (Wildman–Crippen LogP) is 3.95. The molecular weight excluding hydrogens is 604 g/mol. The average molecular weight is 659 g/mol. The number of carbonyl (C=O) groups excluding carboxylic acids is 4. The van der Waals surface area contributed by atoms with Crippen molar-refractivity contribution in [1.82, 2.24) is 20.9 Å². The highest BCUT2D eigenvalue weighted by Gasteiger charge is 2.38. The summed E-state index contributed by atoms with van der Waals surface area (Å²) in [5, 5.41) is 26.6. The van der Waals surface area contributed by atoms with E-state index < -0.39 is 66.2 Å². The van der Waals surface area contributed by atoms with Gasteiger partial charge in [0.25, 0.3) is 0 Å². The van der Waals surface area contributed by atoms with Crippen LogP contribution in [0.5, 0.6) is 0 Å². The summed E-state index contributed by atoms with van der Waals surface area (Å²) >= 11 is 0. The van der Waals surface area contributed by atoms with E-state index in [4.69, 9.17) is 0 Å². The van der Waals surface area contributed by atoms with E-state index in [0.717, 1.165) is 24.8 Å². The molecule has 4 atom stereocenters. The number of carboxylic acid groups (broad SMARTS) is 2. The zero-order chi connectivity index (χ0) is 34.6. The number of hydrogen-bond donors (Lipinski definition) is 5. The number of hydrogen-bond acceptors (Lipinski definition) is 6. The van der Waals surface area contributed by atoms with Crippen LogP contribution in [0.15, 0.2) is 30.3 Å². The van der Waals surface area contributed by atoms with Crippen LogP contribution in [-0.2, 0) is 35.2 Å². The fourth-order valence-electron chi connectivity index (χ4n) is 5.85. The van der Waals surface area contributed by atoms with Gasteiger partial charge in [-0.25, -0.2) is 4.79 Å². The van der Waals surface area contributed by atoms with Crippen molar-refractivity contribution < 1.29 is 39.0 Å². The molecule has 262 valence electrons. The van der Waals surface area contributed by atoms with Crippen molar-refractivity contribution in [3.05, 3.63) is 35.9 Å². The Labute approximate surface area is 278 Å². The lowest BCUT2D eigenvalue weighted by Gasteiger charge is -2.29. The topological polar surface area (TPSA) is 182 Å². The standard InChI is InChI=1S/C35H54N4O8/c1-3-4-5-6-7-8-9-10-11-12-16-21-30(40)37-27(24-31(41)42)32(43)36-25(2)34(45)39-22-17-20-29(39)33(44)38-28(35(46)47)23-26-18-14-13-15-19-26/h13-15,18-19,25,27-29H,3-12,16-17,20-24H2,1-2H3,(H,36,43)(H,37,40)(H,38,44)(H,41,42)(H,46,47)/t25-,27-,28-,29-/m0/s1. The molecule has 0 radical (unpaired) electrons. The number of likely N-dealkylation sites (tertiary alicyclic amines) is 1. The third kappa shape index (κ3) is 15.0. The summed E-state index contributed by atoms with van der Waals surface area (Å²) in [6.45, 7) is 3.87. The molecule has 0 bridgehead atoms. The molecule has 12 heteroatoms. The van der Waals surface area contributed by atoms with E-state index in [1.165, 1.54) is 56.8 Å². The first kappa shape index (κ1) is 39.2. The smallest absolute Gasteiger partial charge is 0.326 e. The highest BCUT2D eigenvalue weighted by atomic mass is 16.4. The van der Waals surface area contributed by atoms with Gasteiger partial charge in [-0.05, 0) is 31.7 Å². The van der Waals surface area contributed by atoms with Gasteiger partial charge in [-0.1, -0.05) is 101 Å². The number of carbonyl (C=O) groups is 6. The van der Waals surface area contributed by atoms with Gasteiger partial charge in [0.05, 0.1) is 6.42 Å². The monoisotopic (exact) mass is 658 g/mol. The van der Waals surface area contributed by atoms with E-state index in [9.17, 15) is 39.0 Å². The first-order valence-corrected chi connectivity index (χ1v) is 17.2. The molecule has 4 amide bonds. The zero-order valence-electron chi connectivity index (χ0n) is 28.0. The normalized spacial score (nSPS) is 16.1. The van der Waals surface area contributed by atoms with Crippen LogP contribution in [-0.4, -0.2) is 81.4 Å². The van der Waals surface area contributed by atoms with E-state index >= 15 is 0 Å². The molecule has 5 N–H and O–H groups in total. The first-order valence-electron chi connectivity index (χ1n) is 17.2. The summed E-state index contributed by atoms with van der Waals surface area (Å²) < 4.78 is 0. The Balaban J connectivity index is 1.83. The molecule has 1 aromatic carbocycles. The maximum absolute atomic E-state index is 13.3. The van der Waals surface area contributed by atoms with Crippen LogP contribution in [0, 0.1) is 0 Å². The number of nitrogens with one attached hydrogen (secondary N) is 3. The number of amides is 4. The fraction of sp³-hybridized carbons (Fsp3) is 0.657. The van der Waals surface area contributed by atoms with Gasteiger partial charge in [0.2, 0.25) is 23.6 Å². The maximum Gasteiger partial charge on any atom is 0.326 e. The summed E-state index contributed by atoms with van der Waals surface area (Å²) in [5.41, 5.74) is 0.734. The van der Waals surface area contributed by atoms with Crippen LogP contribution in [0.2, 0.25) is 0 Å². The molecule has 1 fully saturated rings. The number of unbranched alkanes of at least 4 members (excludes halogenated alkanes) is 10. The van der Waals surface area contributed by atoms with Crippen molar-refractivity contribution in [2.24, 2.45) is 0 Å². The van der Waals surface area contributed by atoms with Crippen LogP contribution in [0.25, 0.3) is 0 Å². The Morgan fingerprint density at radius 3 is 1.98 bits per heavy atom. The van der Waals surface area contributed by atoms with E-state index in [2.05, 4.69) is 22.9 Å². The Morgan fingerprint density at radius 1 is 0.809 bits per heavy atom. The fourth-order valence-corrected chi connectivity index (χ4v) is 5.85. The van der Waals surface area contributed by atoms with Crippen LogP contribution in [0.4, 0.5) is 0 Å². The van der Waals surface area contributed by atoms with Gasteiger partial charge in [-0.3, -0.25) is 24.0 Å². The second-order valence-corrected chi connectivity index (χ2v) is 12.5. The highest BCUT2D eigenvalue weighted by molar-refractivity contribution is 5.96. The second kappa shape index (κ2) is 21.8. The van der Waals surface area contributed by atoms with E-state index in [1.54, 1.807) is 30.3 Å². The third-order valence-electron chi connectivity index (χ3n) is 8.50. The summed E-state index contributed by atoms with van der Waals surface area (Å²) in [4.78, 5) is 76.6. The SMILES string of the molecule is CCCCCCCCCCCCCC(=O)N[C@@H](CC(=O)O)C(=O)N[C@@H](C)C(=O)N1CCC[C@H]1C(=O)N[C@@H](Cc1ccccc1)C(=O)O. The summed E-state index contributed by atoms with van der Waals surface area (Å²) in [6, 6.07) is 4.28. The Bertz CT molecular complexity index is 1160. The zero-order valence-corrected chi connectivity index (χ0v) is 28.0. The molecule has 1 saturated heterocycles. The first-order chi connectivity index (χ1) is 22.5. The highest BCUT2D eigenvalue weighted by Crippen LogP contribution is 2.19. The quantitative estimate of drug-likeness (QED) is 0.110. The number of carboxylic acids is 2. The number of nitrogens with zero attached hydrogens (tertiary/aromatic N) is 1. The lowest BCUT2D eigenvalue weighted by Crippen LogP contribution is -2.57. The molecule has 1 aromatic rings. The van der Waals surface area contributed by atoms with Crippen molar-refractivity contribution in [2.75, 3.05) is 6.54 Å². The van der Waals surface area contributed by atoms with Gasteiger partial charge in [0.1, 0.15) is 24.2 Å². The van der Waals surface area contributed by atoms with Gasteiger partial charge < -0.3 is 31.1 Å². The second-order valence-electron chi connectivity index (χ2n) is 12.5. The van der Waals surface area contributed by atoms with Crippen LogP contribution in [0.3, 0.4) is 0 Å². The van der Waals surface area contributed by atoms with Crippen molar-refractivity contribution in [3.63, 3.8) is 0 Å². The average Bonchev–Trinajstić information content (AvgIpc) is 3.53. The number of aliphatic carboxylic acids is 2. The largest absolute Gasteiger partial charge is 0.481 e. The van der Waals surface area contributed by atoms with Gasteiger partial charge in [-0.2, -0.15) is 0 Å². The summed E-state index contributed by atoms with van der Waals surface area (Å²) in [6.07, 6.45) is 12.8. The molecule has 0 aromatic heterocycles. The van der Waals surface area contributed by atoms with Crippen molar-refractivity contribution >= 4 is 35.6 Å². The van der Waals surface area contributed by atoms with E-state index in [-0.39, 0.29) is 19.4 Å². The van der Waals surface area contributed by atoms with Crippen LogP contribution in [0.1, 0.15) is 116 Å². The third-order valence-corrected chi connectivity index (χ3v) is 8.50. The molecule has 1 aliphatic heterocycles. The molecule has 47 heavy (non-hydrogen) atoms. The Morgan fingerprint density at radius 2 is 1.40 bits per heavy atom. The number of rotatable bonds is 23. The van der Waals surface area contributed by atoms with Crippen LogP contribution >= 0.6 is 0 Å². The number of benzene rings is 1. The molecule has 1 aliphatic rings. The predicted molar refractivity (Wildman–Crippen MR) is 177 cm³/mol. The van der Waals surface area contributed by atoms with Crippen molar-refractivity contribution in [3.8, 4) is 0 Å². The van der Waals surface area contributed by atoms with Gasteiger partial charge in [-0.15, -0.1) is 0 Å². The van der Waals surface area contributed by atoms with Gasteiger partial charge in [0, 0.05) is 19.4 Å². The molecular formula is C35H54N4O8. The lowest BCUT2D eigenvalue weighted by atomic mass is 10.0. The molecule has 2 rings (SSSR count). The van der Waals surface area contributed by atoms with Crippen molar-refractivity contribution in [1.29, 1.82) is 0 Å². The minimum atomic E-state index is -1.37. The lowest BCUT2D eigenvalue weighted by molar-refractivity contribution is -0.145. The molecule has 12 nitrogen and oxygen atoms in total. The van der Waals surface area contributed by atoms with Gasteiger partial charge in [0.15, 0.2) is 0 Å². The molecule has 0 aliphatic carbocycles. The summed E-state index contributed by atoms with van der Waals surface area (Å²) in [7, 11) is 0. The Hall–Kier alpha value is -3.96. The maximum atomic E-state index is 13.3. The van der Waals surface area contributed by atoms with Crippen molar-refractivity contribution in [2.45, 2.75) is 141 Å². The molecule has 0 unspecified atom stereocenters. The molecule has 0 spiro atoms. The van der Waals surface area contributed by atoms with Crippen LogP contribution < -0.4 is 16.0 Å².